The van der Waals surface area contributed by atoms with Crippen LogP contribution in [0.3, 0.4) is 0 Å². The predicted molar refractivity (Wildman–Crippen MR) is 96.5 cm³/mol. The Labute approximate surface area is 153 Å². The zero-order valence-electron chi connectivity index (χ0n) is 14.6. The van der Waals surface area contributed by atoms with Gasteiger partial charge in [0.25, 0.3) is 10.2 Å². The fourth-order valence-corrected chi connectivity index (χ4v) is 6.50. The molecule has 0 N–H and O–H groups in total. The lowest BCUT2D eigenvalue weighted by molar-refractivity contribution is 0.0688. The van der Waals surface area contributed by atoms with Gasteiger partial charge in [-0.2, -0.15) is 17.0 Å². The molecule has 1 aromatic rings. The second-order valence-corrected chi connectivity index (χ2v) is 10.2. The van der Waals surface area contributed by atoms with Gasteiger partial charge in [-0.1, -0.05) is 0 Å². The number of ether oxygens (including phenoxy) is 1. The van der Waals surface area contributed by atoms with E-state index in [1.165, 1.54) is 6.42 Å². The molecule has 140 valence electrons. The van der Waals surface area contributed by atoms with Gasteiger partial charge in [0.2, 0.25) is 0 Å². The number of rotatable bonds is 5. The lowest BCUT2D eigenvalue weighted by Gasteiger charge is -2.37. The monoisotopic (exact) mass is 386 g/mol. The van der Waals surface area contributed by atoms with E-state index in [1.54, 1.807) is 19.9 Å². The third-order valence-electron chi connectivity index (χ3n) is 5.89. The van der Waals surface area contributed by atoms with E-state index in [9.17, 15) is 8.42 Å². The normalized spacial score (nSPS) is 27.8. The molecule has 7 nitrogen and oxygen atoms in total. The van der Waals surface area contributed by atoms with Gasteiger partial charge in [0.15, 0.2) is 0 Å². The second-order valence-electron chi connectivity index (χ2n) is 7.34. The first kappa shape index (κ1) is 17.8. The minimum absolute atomic E-state index is 0.309. The number of hydrogen-bond acceptors (Lipinski definition) is 6. The van der Waals surface area contributed by atoms with Crippen LogP contribution in [0.15, 0.2) is 11.6 Å². The van der Waals surface area contributed by atoms with Gasteiger partial charge >= 0.3 is 0 Å². The highest BCUT2D eigenvalue weighted by atomic mass is 32.2. The van der Waals surface area contributed by atoms with E-state index in [2.05, 4.69) is 16.9 Å². The number of morpholine rings is 1. The molecule has 2 aliphatic heterocycles. The largest absolute Gasteiger partial charge is 0.379 e. The van der Waals surface area contributed by atoms with Crippen LogP contribution in [0.2, 0.25) is 0 Å². The molecule has 4 rings (SSSR count). The maximum atomic E-state index is 12.8. The molecule has 1 atom stereocenters. The zero-order chi connectivity index (χ0) is 17.5. The van der Waals surface area contributed by atoms with Crippen molar-refractivity contribution in [3.8, 4) is 0 Å². The van der Waals surface area contributed by atoms with Crippen LogP contribution in [0.5, 0.6) is 0 Å². The van der Waals surface area contributed by atoms with Gasteiger partial charge in [0.1, 0.15) is 5.01 Å². The fourth-order valence-electron chi connectivity index (χ4n) is 4.24. The fraction of sp³-hybridized carbons (Fsp3) is 0.812. The molecule has 1 spiro atoms. The van der Waals surface area contributed by atoms with Crippen molar-refractivity contribution < 1.29 is 13.2 Å². The van der Waals surface area contributed by atoms with E-state index in [0.29, 0.717) is 50.8 Å². The highest BCUT2D eigenvalue weighted by molar-refractivity contribution is 7.86. The van der Waals surface area contributed by atoms with Crippen LogP contribution in [-0.2, 0) is 21.5 Å². The third-order valence-corrected chi connectivity index (χ3v) is 8.69. The van der Waals surface area contributed by atoms with Gasteiger partial charge in [-0.3, -0.25) is 4.90 Å². The van der Waals surface area contributed by atoms with Crippen molar-refractivity contribution in [1.82, 2.24) is 18.5 Å². The summed E-state index contributed by atoms with van der Waals surface area (Å²) < 4.78 is 34.1. The summed E-state index contributed by atoms with van der Waals surface area (Å²) in [7, 11) is -1.16. The number of aromatic nitrogens is 1. The Kier molecular flexibility index (Phi) is 4.89. The minimum atomic E-state index is -3.32. The van der Waals surface area contributed by atoms with Gasteiger partial charge in [0, 0.05) is 43.8 Å². The van der Waals surface area contributed by atoms with Crippen molar-refractivity contribution in [2.45, 2.75) is 31.8 Å². The summed E-state index contributed by atoms with van der Waals surface area (Å²) in [5, 5.41) is 3.16. The van der Waals surface area contributed by atoms with E-state index in [-0.39, 0.29) is 0 Å². The number of nitrogens with zero attached hydrogens (tertiary/aromatic N) is 4. The van der Waals surface area contributed by atoms with Crippen LogP contribution in [0.25, 0.3) is 0 Å². The first-order valence-electron chi connectivity index (χ1n) is 8.93. The summed E-state index contributed by atoms with van der Waals surface area (Å²) in [6.07, 6.45) is 4.96. The predicted octanol–water partition coefficient (Wildman–Crippen LogP) is 1.01. The SMILES string of the molecule is CN(Cc1nccs1)C1CC12CCN(S(=O)(=O)N1CCOCC1)CC2. The Bertz CT molecular complexity index is 680. The van der Waals surface area contributed by atoms with Gasteiger partial charge in [0.05, 0.1) is 19.8 Å². The highest BCUT2D eigenvalue weighted by Gasteiger charge is 2.57. The molecule has 1 aliphatic carbocycles. The van der Waals surface area contributed by atoms with Crippen molar-refractivity contribution in [1.29, 1.82) is 0 Å². The molecular formula is C16H26N4O3S2. The van der Waals surface area contributed by atoms with E-state index < -0.39 is 10.2 Å². The summed E-state index contributed by atoms with van der Waals surface area (Å²) in [6, 6.07) is 0.560. The Morgan fingerprint density at radius 2 is 1.96 bits per heavy atom. The molecule has 3 fully saturated rings. The average Bonchev–Trinajstić information content (AvgIpc) is 3.07. The van der Waals surface area contributed by atoms with Crippen LogP contribution in [-0.4, -0.2) is 79.4 Å². The Hall–Kier alpha value is -0.580. The summed E-state index contributed by atoms with van der Waals surface area (Å²) in [4.78, 5) is 6.76. The van der Waals surface area contributed by atoms with Crippen molar-refractivity contribution >= 4 is 21.5 Å². The Morgan fingerprint density at radius 1 is 1.28 bits per heavy atom. The molecule has 0 radical (unpaired) electrons. The third kappa shape index (κ3) is 3.50. The summed E-state index contributed by atoms with van der Waals surface area (Å²) in [5.74, 6) is 0. The molecule has 25 heavy (non-hydrogen) atoms. The number of piperidine rings is 1. The first-order chi connectivity index (χ1) is 12.0. The molecule has 9 heteroatoms. The smallest absolute Gasteiger partial charge is 0.282 e. The Balaban J connectivity index is 1.33. The lowest BCUT2D eigenvalue weighted by atomic mass is 9.93. The van der Waals surface area contributed by atoms with Gasteiger partial charge in [-0.15, -0.1) is 11.3 Å². The number of thiazole rings is 1. The zero-order valence-corrected chi connectivity index (χ0v) is 16.3. The first-order valence-corrected chi connectivity index (χ1v) is 11.2. The van der Waals surface area contributed by atoms with Crippen LogP contribution in [0.4, 0.5) is 0 Å². The lowest BCUT2D eigenvalue weighted by Crippen LogP contribution is -2.51. The molecular weight excluding hydrogens is 360 g/mol. The highest BCUT2D eigenvalue weighted by Crippen LogP contribution is 2.56. The standard InChI is InChI=1S/C16H26N4O3S2/c1-18(13-15-17-4-11-24-15)14-12-16(14)2-5-19(6-3-16)25(21,22)20-7-9-23-10-8-20/h4,11,14H,2-3,5-10,12-13H2,1H3. The van der Waals surface area contributed by atoms with E-state index in [4.69, 9.17) is 4.74 Å². The maximum absolute atomic E-state index is 12.8. The molecule has 0 bridgehead atoms. The molecule has 3 aliphatic rings. The summed E-state index contributed by atoms with van der Waals surface area (Å²) >= 11 is 1.70. The van der Waals surface area contributed by atoms with E-state index >= 15 is 0 Å². The van der Waals surface area contributed by atoms with Crippen LogP contribution in [0, 0.1) is 5.41 Å². The van der Waals surface area contributed by atoms with E-state index in [1.807, 2.05) is 11.6 Å². The summed E-state index contributed by atoms with van der Waals surface area (Å²) in [5.41, 5.74) is 0.309. The van der Waals surface area contributed by atoms with Crippen molar-refractivity contribution in [2.75, 3.05) is 46.4 Å². The van der Waals surface area contributed by atoms with Crippen LogP contribution in [0.1, 0.15) is 24.3 Å². The summed E-state index contributed by atoms with van der Waals surface area (Å²) in [6.45, 7) is 4.12. The van der Waals surface area contributed by atoms with Crippen molar-refractivity contribution in [2.24, 2.45) is 5.41 Å². The molecule has 0 aromatic carbocycles. The second kappa shape index (κ2) is 6.86. The van der Waals surface area contributed by atoms with Crippen LogP contribution >= 0.6 is 11.3 Å². The van der Waals surface area contributed by atoms with Crippen molar-refractivity contribution in [3.05, 3.63) is 16.6 Å². The minimum Gasteiger partial charge on any atom is -0.379 e. The van der Waals surface area contributed by atoms with Crippen molar-refractivity contribution in [3.63, 3.8) is 0 Å². The molecule has 3 heterocycles. The van der Waals surface area contributed by atoms with E-state index in [0.717, 1.165) is 24.4 Å². The molecule has 1 saturated carbocycles. The molecule has 2 saturated heterocycles. The number of hydrogen-bond donors (Lipinski definition) is 0. The quantitative estimate of drug-likeness (QED) is 0.756. The van der Waals surface area contributed by atoms with Gasteiger partial charge < -0.3 is 4.74 Å². The molecule has 1 unspecified atom stereocenters. The Morgan fingerprint density at radius 3 is 2.60 bits per heavy atom. The average molecular weight is 387 g/mol. The van der Waals surface area contributed by atoms with Gasteiger partial charge in [-0.05, 0) is 31.7 Å². The topological polar surface area (TPSA) is 66.0 Å². The van der Waals surface area contributed by atoms with Crippen LogP contribution < -0.4 is 0 Å². The molecule has 0 amide bonds. The molecule has 1 aromatic heterocycles. The van der Waals surface area contributed by atoms with Gasteiger partial charge in [-0.25, -0.2) is 4.98 Å². The maximum Gasteiger partial charge on any atom is 0.282 e.